The van der Waals surface area contributed by atoms with Crippen molar-refractivity contribution in [3.8, 4) is 6.07 Å². The van der Waals surface area contributed by atoms with Gasteiger partial charge in [-0.25, -0.2) is 4.98 Å². The zero-order valence-electron chi connectivity index (χ0n) is 9.28. The molecule has 2 heterocycles. The van der Waals surface area contributed by atoms with Gasteiger partial charge in [-0.1, -0.05) is 23.1 Å². The molecule has 0 atom stereocenters. The molecule has 86 valence electrons. The van der Waals surface area contributed by atoms with Crippen molar-refractivity contribution in [2.75, 3.05) is 19.0 Å². The molecular weight excluding hydrogens is 254 g/mol. The van der Waals surface area contributed by atoms with E-state index < -0.39 is 0 Å². The molecule has 0 spiro atoms. The molecule has 17 heavy (non-hydrogen) atoms. The normalized spacial score (nSPS) is 9.94. The lowest BCUT2D eigenvalue weighted by Gasteiger charge is -2.03. The van der Waals surface area contributed by atoms with Crippen molar-refractivity contribution in [2.45, 2.75) is 9.24 Å². The standard InChI is InChI=1S/C10H9N5S2/c1-15(2)9-13-14-10(17-9)16-8-4-3-5-12-7(8)6-11/h3-5H,1-2H3. The Hall–Kier alpha value is -1.65. The van der Waals surface area contributed by atoms with Crippen LogP contribution in [0.25, 0.3) is 0 Å². The summed E-state index contributed by atoms with van der Waals surface area (Å²) in [4.78, 5) is 6.70. The van der Waals surface area contributed by atoms with Crippen LogP contribution in [0.3, 0.4) is 0 Å². The largest absolute Gasteiger partial charge is 0.353 e. The molecule has 0 amide bonds. The van der Waals surface area contributed by atoms with Gasteiger partial charge in [0, 0.05) is 20.3 Å². The predicted octanol–water partition coefficient (Wildman–Crippen LogP) is 2.02. The van der Waals surface area contributed by atoms with Crippen LogP contribution in [-0.4, -0.2) is 29.3 Å². The molecule has 2 rings (SSSR count). The molecule has 0 fully saturated rings. The summed E-state index contributed by atoms with van der Waals surface area (Å²) in [5.74, 6) is 0. The maximum atomic E-state index is 8.92. The Labute approximate surface area is 107 Å². The smallest absolute Gasteiger partial charge is 0.208 e. The van der Waals surface area contributed by atoms with Gasteiger partial charge in [0.1, 0.15) is 6.07 Å². The van der Waals surface area contributed by atoms with Gasteiger partial charge in [0.15, 0.2) is 10.0 Å². The van der Waals surface area contributed by atoms with Crippen molar-refractivity contribution in [1.82, 2.24) is 15.2 Å². The minimum atomic E-state index is 0.416. The minimum Gasteiger partial charge on any atom is -0.353 e. The number of anilines is 1. The average molecular weight is 263 g/mol. The van der Waals surface area contributed by atoms with Crippen LogP contribution in [0.2, 0.25) is 0 Å². The van der Waals surface area contributed by atoms with E-state index in [2.05, 4.69) is 21.3 Å². The van der Waals surface area contributed by atoms with E-state index in [0.29, 0.717) is 5.69 Å². The van der Waals surface area contributed by atoms with Crippen LogP contribution in [-0.2, 0) is 0 Å². The van der Waals surface area contributed by atoms with Crippen LogP contribution >= 0.6 is 23.1 Å². The summed E-state index contributed by atoms with van der Waals surface area (Å²) in [5, 5.41) is 17.9. The molecular formula is C10H9N5S2. The number of aromatic nitrogens is 3. The third-order valence-electron chi connectivity index (χ3n) is 1.85. The van der Waals surface area contributed by atoms with Gasteiger partial charge in [0.05, 0.1) is 4.90 Å². The third-order valence-corrected chi connectivity index (χ3v) is 4.04. The fourth-order valence-corrected chi connectivity index (χ4v) is 2.85. The molecule has 2 aromatic rings. The van der Waals surface area contributed by atoms with E-state index in [9.17, 15) is 0 Å². The third kappa shape index (κ3) is 2.72. The van der Waals surface area contributed by atoms with E-state index in [-0.39, 0.29) is 0 Å². The molecule has 2 aromatic heterocycles. The monoisotopic (exact) mass is 263 g/mol. The molecule has 0 unspecified atom stereocenters. The Kier molecular flexibility index (Phi) is 3.56. The van der Waals surface area contributed by atoms with Crippen LogP contribution < -0.4 is 4.90 Å². The van der Waals surface area contributed by atoms with Gasteiger partial charge < -0.3 is 4.90 Å². The van der Waals surface area contributed by atoms with Crippen molar-refractivity contribution in [2.24, 2.45) is 0 Å². The van der Waals surface area contributed by atoms with Crippen molar-refractivity contribution in [3.05, 3.63) is 24.0 Å². The predicted molar refractivity (Wildman–Crippen MR) is 67.3 cm³/mol. The van der Waals surface area contributed by atoms with Gasteiger partial charge in [-0.15, -0.1) is 10.2 Å². The van der Waals surface area contributed by atoms with Crippen LogP contribution in [0, 0.1) is 11.3 Å². The Bertz CT molecular complexity index is 558. The molecule has 0 saturated heterocycles. The molecule has 7 heteroatoms. The lowest BCUT2D eigenvalue weighted by Crippen LogP contribution is -2.07. The SMILES string of the molecule is CN(C)c1nnc(Sc2cccnc2C#N)s1. The van der Waals surface area contributed by atoms with Gasteiger partial charge in [0.25, 0.3) is 0 Å². The van der Waals surface area contributed by atoms with Crippen molar-refractivity contribution in [1.29, 1.82) is 5.26 Å². The summed E-state index contributed by atoms with van der Waals surface area (Å²) in [5.41, 5.74) is 0.416. The summed E-state index contributed by atoms with van der Waals surface area (Å²) in [6.45, 7) is 0. The lowest BCUT2D eigenvalue weighted by atomic mass is 10.4. The first-order valence-electron chi connectivity index (χ1n) is 4.74. The zero-order chi connectivity index (χ0) is 12.3. The molecule has 0 aliphatic carbocycles. The minimum absolute atomic E-state index is 0.416. The average Bonchev–Trinajstić information content (AvgIpc) is 2.78. The highest BCUT2D eigenvalue weighted by Gasteiger charge is 2.10. The molecule has 0 bridgehead atoms. The Morgan fingerprint density at radius 2 is 2.24 bits per heavy atom. The van der Waals surface area contributed by atoms with Gasteiger partial charge in [-0.05, 0) is 12.1 Å². The summed E-state index contributed by atoms with van der Waals surface area (Å²) < 4.78 is 0.804. The van der Waals surface area contributed by atoms with E-state index >= 15 is 0 Å². The number of pyridine rings is 1. The summed E-state index contributed by atoms with van der Waals surface area (Å²) >= 11 is 2.89. The van der Waals surface area contributed by atoms with E-state index in [0.717, 1.165) is 14.4 Å². The topological polar surface area (TPSA) is 65.7 Å². The summed E-state index contributed by atoms with van der Waals surface area (Å²) in [6.07, 6.45) is 1.61. The maximum absolute atomic E-state index is 8.92. The second-order valence-electron chi connectivity index (χ2n) is 3.31. The lowest BCUT2D eigenvalue weighted by molar-refractivity contribution is 0.972. The van der Waals surface area contributed by atoms with Crippen LogP contribution in [0.15, 0.2) is 27.6 Å². The molecule has 5 nitrogen and oxygen atoms in total. The van der Waals surface area contributed by atoms with Crippen molar-refractivity contribution in [3.63, 3.8) is 0 Å². The van der Waals surface area contributed by atoms with E-state index in [1.165, 1.54) is 23.1 Å². The van der Waals surface area contributed by atoms with Crippen LogP contribution in [0.4, 0.5) is 5.13 Å². The second kappa shape index (κ2) is 5.12. The van der Waals surface area contributed by atoms with Crippen LogP contribution in [0.1, 0.15) is 5.69 Å². The quantitative estimate of drug-likeness (QED) is 0.844. The van der Waals surface area contributed by atoms with Gasteiger partial charge in [0.2, 0.25) is 5.13 Å². The van der Waals surface area contributed by atoms with E-state index in [1.807, 2.05) is 25.1 Å². The number of hydrogen-bond acceptors (Lipinski definition) is 7. The number of hydrogen-bond donors (Lipinski definition) is 0. The highest BCUT2D eigenvalue weighted by Crippen LogP contribution is 2.33. The zero-order valence-corrected chi connectivity index (χ0v) is 10.9. The number of nitriles is 1. The summed E-state index contributed by atoms with van der Waals surface area (Å²) in [6, 6.07) is 5.72. The Balaban J connectivity index is 2.23. The van der Waals surface area contributed by atoms with E-state index in [1.54, 1.807) is 12.3 Å². The van der Waals surface area contributed by atoms with Gasteiger partial charge in [-0.2, -0.15) is 5.26 Å². The van der Waals surface area contributed by atoms with Crippen molar-refractivity contribution < 1.29 is 0 Å². The number of rotatable bonds is 3. The first-order chi connectivity index (χ1) is 8.20. The van der Waals surface area contributed by atoms with Crippen LogP contribution in [0.5, 0.6) is 0 Å². The molecule has 0 aromatic carbocycles. The Morgan fingerprint density at radius 3 is 2.88 bits per heavy atom. The molecule has 0 radical (unpaired) electrons. The molecule has 0 aliphatic heterocycles. The first-order valence-corrected chi connectivity index (χ1v) is 6.38. The second-order valence-corrected chi connectivity index (χ2v) is 5.55. The first kappa shape index (κ1) is 11.8. The molecule has 0 saturated carbocycles. The highest BCUT2D eigenvalue weighted by atomic mass is 32.2. The molecule has 0 aliphatic rings. The Morgan fingerprint density at radius 1 is 1.41 bits per heavy atom. The summed E-state index contributed by atoms with van der Waals surface area (Å²) in [7, 11) is 3.83. The van der Waals surface area contributed by atoms with Crippen molar-refractivity contribution >= 4 is 28.2 Å². The molecule has 0 N–H and O–H groups in total. The highest BCUT2D eigenvalue weighted by molar-refractivity contribution is 8.01. The maximum Gasteiger partial charge on any atom is 0.208 e. The van der Waals surface area contributed by atoms with Gasteiger partial charge >= 0.3 is 0 Å². The van der Waals surface area contributed by atoms with Gasteiger partial charge in [-0.3, -0.25) is 0 Å². The fraction of sp³-hybridized carbons (Fsp3) is 0.200. The fourth-order valence-electron chi connectivity index (χ4n) is 1.08. The van der Waals surface area contributed by atoms with E-state index in [4.69, 9.17) is 5.26 Å². The number of nitrogens with zero attached hydrogens (tertiary/aromatic N) is 5.